The van der Waals surface area contributed by atoms with E-state index in [0.29, 0.717) is 12.5 Å². The van der Waals surface area contributed by atoms with Gasteiger partial charge in [0, 0.05) is 19.7 Å². The first kappa shape index (κ1) is 12.1. The normalized spacial score (nSPS) is 23.8. The van der Waals surface area contributed by atoms with Crippen molar-refractivity contribution in [3.63, 3.8) is 0 Å². The van der Waals surface area contributed by atoms with Crippen molar-refractivity contribution in [2.75, 3.05) is 19.7 Å². The summed E-state index contributed by atoms with van der Waals surface area (Å²) in [5.41, 5.74) is -0.286. The van der Waals surface area contributed by atoms with Crippen LogP contribution in [0.25, 0.3) is 0 Å². The summed E-state index contributed by atoms with van der Waals surface area (Å²) in [6.07, 6.45) is 5.70. The van der Waals surface area contributed by atoms with Crippen molar-refractivity contribution < 1.29 is 9.26 Å². The summed E-state index contributed by atoms with van der Waals surface area (Å²) in [7, 11) is 0. The van der Waals surface area contributed by atoms with Gasteiger partial charge in [-0.05, 0) is 19.8 Å². The van der Waals surface area contributed by atoms with Crippen LogP contribution in [0.2, 0.25) is 0 Å². The van der Waals surface area contributed by atoms with Crippen LogP contribution in [-0.4, -0.2) is 29.8 Å². The second kappa shape index (κ2) is 4.97. The molecule has 0 bridgehead atoms. The molecule has 0 amide bonds. The Kier molecular flexibility index (Phi) is 3.35. The second-order valence-corrected chi connectivity index (χ2v) is 5.30. The monoisotopic (exact) mass is 251 g/mol. The Morgan fingerprint density at radius 2 is 2.11 bits per heavy atom. The fourth-order valence-corrected chi connectivity index (χ4v) is 2.88. The molecule has 0 radical (unpaired) electrons. The van der Waals surface area contributed by atoms with Gasteiger partial charge in [0.2, 0.25) is 11.7 Å². The topological polar surface area (TPSA) is 60.2 Å². The van der Waals surface area contributed by atoms with Crippen molar-refractivity contribution in [1.29, 1.82) is 0 Å². The molecule has 0 spiro atoms. The number of aromatic nitrogens is 2. The highest BCUT2D eigenvalue weighted by molar-refractivity contribution is 5.07. The zero-order chi connectivity index (χ0) is 12.4. The molecule has 1 saturated carbocycles. The number of ether oxygens (including phenoxy) is 1. The molecule has 1 aliphatic heterocycles. The van der Waals surface area contributed by atoms with Gasteiger partial charge in [-0.1, -0.05) is 24.4 Å². The molecule has 18 heavy (non-hydrogen) atoms. The van der Waals surface area contributed by atoms with Gasteiger partial charge in [0.15, 0.2) is 0 Å². The van der Waals surface area contributed by atoms with Gasteiger partial charge in [-0.25, -0.2) is 0 Å². The molecule has 3 rings (SSSR count). The molecule has 0 atom stereocenters. The maximum atomic E-state index is 6.00. The van der Waals surface area contributed by atoms with Gasteiger partial charge < -0.3 is 14.6 Å². The van der Waals surface area contributed by atoms with E-state index in [1.807, 2.05) is 6.92 Å². The van der Waals surface area contributed by atoms with Crippen LogP contribution in [0, 0.1) is 0 Å². The van der Waals surface area contributed by atoms with E-state index in [2.05, 4.69) is 15.5 Å². The van der Waals surface area contributed by atoms with Crippen LogP contribution in [0.1, 0.15) is 56.7 Å². The maximum absolute atomic E-state index is 6.00. The molecule has 0 aromatic carbocycles. The first-order valence-electron chi connectivity index (χ1n) is 7.03. The predicted molar refractivity (Wildman–Crippen MR) is 66.3 cm³/mol. The Bertz CT molecular complexity index is 389. The molecule has 1 N–H and O–H groups in total. The van der Waals surface area contributed by atoms with Crippen molar-refractivity contribution in [2.24, 2.45) is 0 Å². The van der Waals surface area contributed by atoms with Crippen molar-refractivity contribution in [3.05, 3.63) is 11.7 Å². The number of nitrogens with zero attached hydrogens (tertiary/aromatic N) is 2. The van der Waals surface area contributed by atoms with Crippen LogP contribution in [-0.2, 0) is 10.3 Å². The Morgan fingerprint density at radius 3 is 2.72 bits per heavy atom. The molecular formula is C13H21N3O2. The lowest BCUT2D eigenvalue weighted by molar-refractivity contribution is -0.0777. The average Bonchev–Trinajstić information content (AvgIpc) is 2.78. The van der Waals surface area contributed by atoms with Gasteiger partial charge in [0.05, 0.1) is 5.92 Å². The minimum absolute atomic E-state index is 0.286. The zero-order valence-electron chi connectivity index (χ0n) is 10.9. The molecular weight excluding hydrogens is 230 g/mol. The number of rotatable bonds is 4. The molecule has 100 valence electrons. The minimum atomic E-state index is -0.286. The largest absolute Gasteiger partial charge is 0.367 e. The van der Waals surface area contributed by atoms with Crippen molar-refractivity contribution in [2.45, 2.75) is 50.5 Å². The fraction of sp³-hybridized carbons (Fsp3) is 0.846. The van der Waals surface area contributed by atoms with Crippen LogP contribution in [0.15, 0.2) is 4.52 Å². The second-order valence-electron chi connectivity index (χ2n) is 5.30. The summed E-state index contributed by atoms with van der Waals surface area (Å²) >= 11 is 0. The third kappa shape index (κ3) is 2.06. The maximum Gasteiger partial charge on any atom is 0.232 e. The number of hydrogen-bond acceptors (Lipinski definition) is 5. The van der Waals surface area contributed by atoms with Crippen LogP contribution in [0.3, 0.4) is 0 Å². The van der Waals surface area contributed by atoms with Crippen LogP contribution >= 0.6 is 0 Å². The van der Waals surface area contributed by atoms with E-state index in [-0.39, 0.29) is 5.60 Å². The van der Waals surface area contributed by atoms with Gasteiger partial charge in [-0.3, -0.25) is 0 Å². The third-order valence-electron chi connectivity index (χ3n) is 4.06. The van der Waals surface area contributed by atoms with Gasteiger partial charge in [0.1, 0.15) is 5.60 Å². The Balaban J connectivity index is 1.82. The molecule has 2 heterocycles. The summed E-state index contributed by atoms with van der Waals surface area (Å²) in [6.45, 7) is 4.63. The van der Waals surface area contributed by atoms with Crippen LogP contribution in [0.4, 0.5) is 0 Å². The number of hydrogen-bond donors (Lipinski definition) is 1. The molecule has 5 heteroatoms. The summed E-state index contributed by atoms with van der Waals surface area (Å²) in [5, 5.41) is 7.42. The van der Waals surface area contributed by atoms with Gasteiger partial charge in [-0.15, -0.1) is 0 Å². The molecule has 0 unspecified atom stereocenters. The molecule has 1 aromatic rings. The SMILES string of the molecule is CCOC1(c2noc(C3CNC3)n2)CCCCC1. The minimum Gasteiger partial charge on any atom is -0.367 e. The number of nitrogens with one attached hydrogen (secondary N) is 1. The molecule has 1 aromatic heterocycles. The Labute approximate surface area is 107 Å². The molecule has 1 aliphatic carbocycles. The van der Waals surface area contributed by atoms with E-state index in [1.165, 1.54) is 19.3 Å². The lowest BCUT2D eigenvalue weighted by Crippen LogP contribution is -2.40. The first-order chi connectivity index (χ1) is 8.84. The van der Waals surface area contributed by atoms with Crippen molar-refractivity contribution >= 4 is 0 Å². The lowest BCUT2D eigenvalue weighted by atomic mass is 9.84. The first-order valence-corrected chi connectivity index (χ1v) is 7.03. The van der Waals surface area contributed by atoms with E-state index < -0.39 is 0 Å². The van der Waals surface area contributed by atoms with E-state index in [4.69, 9.17) is 9.26 Å². The predicted octanol–water partition coefficient (Wildman–Crippen LogP) is 1.95. The Morgan fingerprint density at radius 1 is 1.33 bits per heavy atom. The van der Waals surface area contributed by atoms with Gasteiger partial charge >= 0.3 is 0 Å². The van der Waals surface area contributed by atoms with Crippen LogP contribution < -0.4 is 5.32 Å². The zero-order valence-corrected chi connectivity index (χ0v) is 10.9. The lowest BCUT2D eigenvalue weighted by Gasteiger charge is -2.34. The highest BCUT2D eigenvalue weighted by atomic mass is 16.5. The quantitative estimate of drug-likeness (QED) is 0.886. The van der Waals surface area contributed by atoms with Crippen molar-refractivity contribution in [3.8, 4) is 0 Å². The van der Waals surface area contributed by atoms with Gasteiger partial charge in [0.25, 0.3) is 0 Å². The van der Waals surface area contributed by atoms with E-state index >= 15 is 0 Å². The summed E-state index contributed by atoms with van der Waals surface area (Å²) in [6, 6.07) is 0. The van der Waals surface area contributed by atoms with Crippen LogP contribution in [0.5, 0.6) is 0 Å². The third-order valence-corrected chi connectivity index (χ3v) is 4.06. The molecule has 5 nitrogen and oxygen atoms in total. The Hall–Kier alpha value is -0.940. The highest BCUT2D eigenvalue weighted by Gasteiger charge is 2.40. The van der Waals surface area contributed by atoms with Gasteiger partial charge in [-0.2, -0.15) is 4.98 Å². The summed E-state index contributed by atoms with van der Waals surface area (Å²) in [4.78, 5) is 4.60. The smallest absolute Gasteiger partial charge is 0.232 e. The molecule has 2 aliphatic rings. The average molecular weight is 251 g/mol. The molecule has 1 saturated heterocycles. The van der Waals surface area contributed by atoms with E-state index in [9.17, 15) is 0 Å². The molecule has 2 fully saturated rings. The standard InChI is InChI=1S/C13H21N3O2/c1-2-17-13(6-4-3-5-7-13)12-15-11(18-16-12)10-8-14-9-10/h10,14H,2-9H2,1H3. The van der Waals surface area contributed by atoms with E-state index in [0.717, 1.165) is 37.6 Å². The fourth-order valence-electron chi connectivity index (χ4n) is 2.88. The van der Waals surface area contributed by atoms with Crippen molar-refractivity contribution in [1.82, 2.24) is 15.5 Å². The van der Waals surface area contributed by atoms with E-state index in [1.54, 1.807) is 0 Å². The summed E-state index contributed by atoms with van der Waals surface area (Å²) in [5.74, 6) is 1.94. The highest BCUT2D eigenvalue weighted by Crippen LogP contribution is 2.39. The summed E-state index contributed by atoms with van der Waals surface area (Å²) < 4.78 is 11.4.